The highest BCUT2D eigenvalue weighted by Crippen LogP contribution is 2.24. The summed E-state index contributed by atoms with van der Waals surface area (Å²) in [7, 11) is 0. The van der Waals surface area contributed by atoms with Crippen LogP contribution in [0, 0.1) is 17.2 Å². The average Bonchev–Trinajstić information content (AvgIpc) is 2.91. The molecule has 0 bridgehead atoms. The summed E-state index contributed by atoms with van der Waals surface area (Å²) in [4.78, 5) is 2.70. The van der Waals surface area contributed by atoms with Crippen molar-refractivity contribution in [3.8, 4) is 6.07 Å². The predicted molar refractivity (Wildman–Crippen MR) is 85.3 cm³/mol. The fourth-order valence-electron chi connectivity index (χ4n) is 3.03. The van der Waals surface area contributed by atoms with Gasteiger partial charge in [0.25, 0.3) is 0 Å². The summed E-state index contributed by atoms with van der Waals surface area (Å²) in [5.74, 6) is 0.782. The van der Waals surface area contributed by atoms with Crippen LogP contribution in [-0.4, -0.2) is 29.6 Å². The Morgan fingerprint density at radius 3 is 2.45 bits per heavy atom. The van der Waals surface area contributed by atoms with Crippen molar-refractivity contribution >= 4 is 0 Å². The lowest BCUT2D eigenvalue weighted by atomic mass is 9.98. The van der Waals surface area contributed by atoms with Gasteiger partial charge in [0, 0.05) is 6.04 Å². The first-order valence-electron chi connectivity index (χ1n) is 8.39. The van der Waals surface area contributed by atoms with Crippen molar-refractivity contribution in [1.29, 1.82) is 5.26 Å². The Hall–Kier alpha value is -0.590. The Bertz CT molecular complexity index is 298. The van der Waals surface area contributed by atoms with Crippen LogP contribution in [0.1, 0.15) is 72.1 Å². The van der Waals surface area contributed by atoms with Gasteiger partial charge in [0.15, 0.2) is 0 Å². The van der Waals surface area contributed by atoms with Gasteiger partial charge in [-0.15, -0.1) is 0 Å². The van der Waals surface area contributed by atoms with E-state index in [0.29, 0.717) is 0 Å². The molecule has 0 aromatic carbocycles. The van der Waals surface area contributed by atoms with Gasteiger partial charge in [-0.25, -0.2) is 0 Å². The maximum absolute atomic E-state index is 8.94. The molecule has 20 heavy (non-hydrogen) atoms. The van der Waals surface area contributed by atoms with Crippen molar-refractivity contribution in [1.82, 2.24) is 4.90 Å². The zero-order valence-corrected chi connectivity index (χ0v) is 13.7. The van der Waals surface area contributed by atoms with E-state index < -0.39 is 5.54 Å². The average molecular weight is 279 g/mol. The fourth-order valence-corrected chi connectivity index (χ4v) is 3.03. The van der Waals surface area contributed by atoms with E-state index in [1.54, 1.807) is 0 Å². The van der Waals surface area contributed by atoms with Crippen molar-refractivity contribution in [2.75, 3.05) is 13.1 Å². The molecule has 1 rings (SSSR count). The van der Waals surface area contributed by atoms with Crippen molar-refractivity contribution in [3.63, 3.8) is 0 Å². The second-order valence-electron chi connectivity index (χ2n) is 7.14. The lowest BCUT2D eigenvalue weighted by Crippen LogP contribution is -2.36. The fraction of sp³-hybridized carbons (Fsp3) is 0.941. The SMILES string of the molecule is CC(C)CCN(CCCCC(C)(N)C#N)C1CCCC1. The summed E-state index contributed by atoms with van der Waals surface area (Å²) in [6, 6.07) is 3.00. The van der Waals surface area contributed by atoms with Gasteiger partial charge < -0.3 is 10.6 Å². The number of unbranched alkanes of at least 4 members (excludes halogenated alkanes) is 1. The van der Waals surface area contributed by atoms with E-state index in [-0.39, 0.29) is 0 Å². The largest absolute Gasteiger partial charge is 0.314 e. The molecule has 3 nitrogen and oxygen atoms in total. The highest BCUT2D eigenvalue weighted by molar-refractivity contribution is 5.00. The number of nitrogens with two attached hydrogens (primary N) is 1. The minimum Gasteiger partial charge on any atom is -0.314 e. The smallest absolute Gasteiger partial charge is 0.101 e. The normalized spacial score (nSPS) is 19.4. The van der Waals surface area contributed by atoms with Gasteiger partial charge in [0.2, 0.25) is 0 Å². The lowest BCUT2D eigenvalue weighted by Gasteiger charge is -2.29. The molecule has 116 valence electrons. The highest BCUT2D eigenvalue weighted by atomic mass is 15.2. The zero-order valence-electron chi connectivity index (χ0n) is 13.7. The predicted octanol–water partition coefficient (Wildman–Crippen LogP) is 3.69. The maximum atomic E-state index is 8.94. The Morgan fingerprint density at radius 1 is 1.25 bits per heavy atom. The number of nitriles is 1. The Kier molecular flexibility index (Phi) is 7.55. The quantitative estimate of drug-likeness (QED) is 0.655. The van der Waals surface area contributed by atoms with Gasteiger partial charge in [-0.05, 0) is 64.5 Å². The van der Waals surface area contributed by atoms with Crippen molar-refractivity contribution in [2.45, 2.75) is 83.7 Å². The Morgan fingerprint density at radius 2 is 1.90 bits per heavy atom. The van der Waals surface area contributed by atoms with E-state index in [2.05, 4.69) is 24.8 Å². The molecule has 0 aromatic rings. The van der Waals surface area contributed by atoms with Crippen molar-refractivity contribution < 1.29 is 0 Å². The van der Waals surface area contributed by atoms with Gasteiger partial charge in [-0.2, -0.15) is 5.26 Å². The molecular weight excluding hydrogens is 246 g/mol. The topological polar surface area (TPSA) is 53.0 Å². The molecule has 0 amide bonds. The minimum absolute atomic E-state index is 0.643. The Labute approximate surface area is 125 Å². The van der Waals surface area contributed by atoms with Crippen LogP contribution < -0.4 is 5.73 Å². The maximum Gasteiger partial charge on any atom is 0.101 e. The molecular formula is C17H33N3. The third kappa shape index (κ3) is 6.72. The van der Waals surface area contributed by atoms with Crippen LogP contribution >= 0.6 is 0 Å². The number of hydrogen-bond acceptors (Lipinski definition) is 3. The van der Waals surface area contributed by atoms with Gasteiger partial charge in [-0.3, -0.25) is 0 Å². The molecule has 0 spiro atoms. The van der Waals surface area contributed by atoms with Gasteiger partial charge in [0.05, 0.1) is 6.07 Å². The highest BCUT2D eigenvalue weighted by Gasteiger charge is 2.22. The lowest BCUT2D eigenvalue weighted by molar-refractivity contribution is 0.183. The monoisotopic (exact) mass is 279 g/mol. The molecule has 0 saturated heterocycles. The van der Waals surface area contributed by atoms with Crippen LogP contribution in [0.5, 0.6) is 0 Å². The summed E-state index contributed by atoms with van der Waals surface area (Å²) >= 11 is 0. The van der Waals surface area contributed by atoms with E-state index in [0.717, 1.165) is 24.8 Å². The first kappa shape index (κ1) is 17.5. The van der Waals surface area contributed by atoms with Crippen LogP contribution in [0.4, 0.5) is 0 Å². The molecule has 0 aliphatic heterocycles. The number of hydrogen-bond donors (Lipinski definition) is 1. The van der Waals surface area contributed by atoms with Crippen LogP contribution in [0.25, 0.3) is 0 Å². The van der Waals surface area contributed by atoms with E-state index in [1.165, 1.54) is 51.6 Å². The van der Waals surface area contributed by atoms with Crippen molar-refractivity contribution in [2.24, 2.45) is 11.7 Å². The molecule has 3 heteroatoms. The minimum atomic E-state index is -0.643. The molecule has 0 heterocycles. The van der Waals surface area contributed by atoms with E-state index >= 15 is 0 Å². The van der Waals surface area contributed by atoms with Crippen LogP contribution in [-0.2, 0) is 0 Å². The van der Waals surface area contributed by atoms with Crippen LogP contribution in [0.3, 0.4) is 0 Å². The molecule has 0 aromatic heterocycles. The number of nitrogens with zero attached hydrogens (tertiary/aromatic N) is 2. The van der Waals surface area contributed by atoms with Gasteiger partial charge >= 0.3 is 0 Å². The van der Waals surface area contributed by atoms with E-state index in [1.807, 2.05) is 6.92 Å². The van der Waals surface area contributed by atoms with Gasteiger partial charge in [0.1, 0.15) is 5.54 Å². The van der Waals surface area contributed by atoms with E-state index in [9.17, 15) is 0 Å². The van der Waals surface area contributed by atoms with Crippen LogP contribution in [0.2, 0.25) is 0 Å². The summed E-state index contributed by atoms with van der Waals surface area (Å²) < 4.78 is 0. The standard InChI is InChI=1S/C17H33N3/c1-15(2)10-13-20(16-8-4-5-9-16)12-7-6-11-17(3,19)14-18/h15-16H,4-13,19H2,1-3H3. The molecule has 1 unspecified atom stereocenters. The molecule has 1 atom stereocenters. The summed E-state index contributed by atoms with van der Waals surface area (Å²) in [6.07, 6.45) is 9.90. The summed E-state index contributed by atoms with van der Waals surface area (Å²) in [5, 5.41) is 8.94. The molecule has 1 aliphatic carbocycles. The van der Waals surface area contributed by atoms with Crippen molar-refractivity contribution in [3.05, 3.63) is 0 Å². The second kappa shape index (κ2) is 8.64. The third-order valence-electron chi connectivity index (χ3n) is 4.48. The second-order valence-corrected chi connectivity index (χ2v) is 7.14. The first-order valence-corrected chi connectivity index (χ1v) is 8.39. The molecule has 1 saturated carbocycles. The molecule has 0 radical (unpaired) electrons. The zero-order chi connectivity index (χ0) is 15.0. The molecule has 1 fully saturated rings. The molecule has 1 aliphatic rings. The van der Waals surface area contributed by atoms with Crippen LogP contribution in [0.15, 0.2) is 0 Å². The van der Waals surface area contributed by atoms with E-state index in [4.69, 9.17) is 11.0 Å². The summed E-state index contributed by atoms with van der Waals surface area (Å²) in [5.41, 5.74) is 5.24. The molecule has 2 N–H and O–H groups in total. The third-order valence-corrected chi connectivity index (χ3v) is 4.48. The number of rotatable bonds is 9. The summed E-state index contributed by atoms with van der Waals surface area (Å²) in [6.45, 7) is 8.86. The van der Waals surface area contributed by atoms with Gasteiger partial charge in [-0.1, -0.05) is 26.7 Å². The Balaban J connectivity index is 2.31. The first-order chi connectivity index (χ1) is 9.44.